The van der Waals surface area contributed by atoms with Gasteiger partial charge in [0.2, 0.25) is 0 Å². The van der Waals surface area contributed by atoms with Crippen molar-refractivity contribution in [3.63, 3.8) is 0 Å². The number of halogens is 4. The van der Waals surface area contributed by atoms with Crippen molar-refractivity contribution >= 4 is 10.4 Å². The van der Waals surface area contributed by atoms with E-state index >= 15 is 0 Å². The Kier molecular flexibility index (Phi) is 4.30. The van der Waals surface area contributed by atoms with Crippen LogP contribution in [0, 0.1) is 5.82 Å². The molecule has 0 aliphatic carbocycles. The van der Waals surface area contributed by atoms with Crippen molar-refractivity contribution in [2.45, 2.75) is 18.7 Å². The van der Waals surface area contributed by atoms with E-state index in [-0.39, 0.29) is 5.56 Å². The summed E-state index contributed by atoms with van der Waals surface area (Å²) in [6.07, 6.45) is -8.44. The van der Waals surface area contributed by atoms with Gasteiger partial charge >= 0.3 is 16.6 Å². The maximum absolute atomic E-state index is 12.8. The van der Waals surface area contributed by atoms with Crippen molar-refractivity contribution in [3.05, 3.63) is 35.6 Å². The molecule has 0 fully saturated rings. The number of alkyl halides is 3. The molecule has 4 nitrogen and oxygen atoms in total. The maximum atomic E-state index is 12.8. The van der Waals surface area contributed by atoms with Crippen molar-refractivity contribution in [1.82, 2.24) is 0 Å². The second-order valence-corrected chi connectivity index (χ2v) is 4.43. The van der Waals surface area contributed by atoms with E-state index in [0.717, 1.165) is 18.2 Å². The Morgan fingerprint density at radius 3 is 2.39 bits per heavy atom. The fraction of sp³-hybridized carbons (Fsp3) is 0.333. The molecule has 9 heteroatoms. The minimum atomic E-state index is -5.08. The maximum Gasteiger partial charge on any atom is 0.397 e. The van der Waals surface area contributed by atoms with Crippen LogP contribution in [-0.4, -0.2) is 19.1 Å². The molecular formula is C9H8F4O4S. The van der Waals surface area contributed by atoms with Crippen molar-refractivity contribution in [2.24, 2.45) is 0 Å². The van der Waals surface area contributed by atoms with E-state index in [1.165, 1.54) is 0 Å². The van der Waals surface area contributed by atoms with Crippen molar-refractivity contribution in [3.8, 4) is 0 Å². The standard InChI is InChI=1S/C9H8F4O4S/c10-7-3-1-2-6(4-7)8(5-9(11,12)13)17-18(14,15)16/h1-4,8H,5H2,(H,14,15,16). The summed E-state index contributed by atoms with van der Waals surface area (Å²) in [7, 11) is -5.08. The Labute approximate surface area is 100 Å². The average molecular weight is 288 g/mol. The molecule has 18 heavy (non-hydrogen) atoms. The summed E-state index contributed by atoms with van der Waals surface area (Å²) in [5, 5.41) is 0. The Morgan fingerprint density at radius 1 is 1.33 bits per heavy atom. The molecule has 1 unspecified atom stereocenters. The highest BCUT2D eigenvalue weighted by atomic mass is 32.3. The first-order valence-electron chi connectivity index (χ1n) is 4.55. The first-order valence-corrected chi connectivity index (χ1v) is 5.91. The third kappa shape index (κ3) is 5.43. The van der Waals surface area contributed by atoms with E-state index in [2.05, 4.69) is 4.18 Å². The van der Waals surface area contributed by atoms with Gasteiger partial charge in [0.1, 0.15) is 11.9 Å². The van der Waals surface area contributed by atoms with Gasteiger partial charge in [-0.25, -0.2) is 8.57 Å². The molecule has 0 bridgehead atoms. The van der Waals surface area contributed by atoms with Gasteiger partial charge in [0.15, 0.2) is 0 Å². The van der Waals surface area contributed by atoms with Crippen molar-refractivity contribution < 1.29 is 34.7 Å². The zero-order valence-electron chi connectivity index (χ0n) is 8.69. The molecule has 0 saturated heterocycles. The van der Waals surface area contributed by atoms with Gasteiger partial charge in [-0.2, -0.15) is 21.6 Å². The molecule has 1 aromatic rings. The molecule has 1 rings (SSSR count). The lowest BCUT2D eigenvalue weighted by Crippen LogP contribution is -2.19. The molecule has 1 aromatic carbocycles. The van der Waals surface area contributed by atoms with Gasteiger partial charge < -0.3 is 0 Å². The highest BCUT2D eigenvalue weighted by Gasteiger charge is 2.35. The minimum Gasteiger partial charge on any atom is -0.264 e. The molecular weight excluding hydrogens is 280 g/mol. The van der Waals surface area contributed by atoms with Crippen LogP contribution < -0.4 is 0 Å². The van der Waals surface area contributed by atoms with Crippen LogP contribution in [0.2, 0.25) is 0 Å². The second-order valence-electron chi connectivity index (χ2n) is 3.39. The van der Waals surface area contributed by atoms with Crippen LogP contribution >= 0.6 is 0 Å². The summed E-state index contributed by atoms with van der Waals surface area (Å²) in [4.78, 5) is 0. The Morgan fingerprint density at radius 2 is 1.94 bits per heavy atom. The van der Waals surface area contributed by atoms with Crippen LogP contribution in [0.5, 0.6) is 0 Å². The smallest absolute Gasteiger partial charge is 0.264 e. The lowest BCUT2D eigenvalue weighted by Gasteiger charge is -2.17. The van der Waals surface area contributed by atoms with E-state index in [4.69, 9.17) is 4.55 Å². The van der Waals surface area contributed by atoms with Gasteiger partial charge in [-0.1, -0.05) is 12.1 Å². The average Bonchev–Trinajstić information content (AvgIpc) is 2.12. The van der Waals surface area contributed by atoms with E-state index in [9.17, 15) is 26.0 Å². The topological polar surface area (TPSA) is 63.6 Å². The van der Waals surface area contributed by atoms with Gasteiger partial charge in [0.25, 0.3) is 0 Å². The first-order chi connectivity index (χ1) is 8.07. The molecule has 0 aliphatic rings. The lowest BCUT2D eigenvalue weighted by atomic mass is 10.1. The van der Waals surface area contributed by atoms with Crippen molar-refractivity contribution in [1.29, 1.82) is 0 Å². The molecule has 102 valence electrons. The molecule has 0 amide bonds. The van der Waals surface area contributed by atoms with E-state index in [1.807, 2.05) is 0 Å². The zero-order valence-corrected chi connectivity index (χ0v) is 9.50. The number of benzene rings is 1. The summed E-state index contributed by atoms with van der Waals surface area (Å²) >= 11 is 0. The Bertz CT molecular complexity index is 512. The predicted molar refractivity (Wildman–Crippen MR) is 52.4 cm³/mol. The van der Waals surface area contributed by atoms with Gasteiger partial charge in [0, 0.05) is 0 Å². The summed E-state index contributed by atoms with van der Waals surface area (Å²) in [5.74, 6) is -0.849. The van der Waals surface area contributed by atoms with Crippen LogP contribution in [0.25, 0.3) is 0 Å². The highest BCUT2D eigenvalue weighted by molar-refractivity contribution is 7.80. The van der Waals surface area contributed by atoms with Crippen LogP contribution in [0.15, 0.2) is 24.3 Å². The SMILES string of the molecule is O=S(=O)(O)OC(CC(F)(F)F)c1cccc(F)c1. The fourth-order valence-electron chi connectivity index (χ4n) is 1.27. The summed E-state index contributed by atoms with van der Waals surface area (Å²) < 4.78 is 82.7. The summed E-state index contributed by atoms with van der Waals surface area (Å²) in [6, 6.07) is 3.83. The van der Waals surface area contributed by atoms with Crippen LogP contribution in [0.4, 0.5) is 17.6 Å². The summed E-state index contributed by atoms with van der Waals surface area (Å²) in [6.45, 7) is 0. The van der Waals surface area contributed by atoms with Gasteiger partial charge in [0.05, 0.1) is 6.42 Å². The van der Waals surface area contributed by atoms with E-state index in [0.29, 0.717) is 6.07 Å². The predicted octanol–water partition coefficient (Wildman–Crippen LogP) is 2.64. The molecule has 0 saturated carbocycles. The number of rotatable bonds is 4. The molecule has 0 spiro atoms. The van der Waals surface area contributed by atoms with Crippen molar-refractivity contribution in [2.75, 3.05) is 0 Å². The molecule has 1 atom stereocenters. The zero-order chi connectivity index (χ0) is 14.0. The number of hydrogen-bond acceptors (Lipinski definition) is 3. The van der Waals surface area contributed by atoms with E-state index in [1.54, 1.807) is 0 Å². The van der Waals surface area contributed by atoms with Crippen LogP contribution in [0.1, 0.15) is 18.1 Å². The van der Waals surface area contributed by atoms with Crippen LogP contribution in [0.3, 0.4) is 0 Å². The Hall–Kier alpha value is -1.19. The number of hydrogen-bond donors (Lipinski definition) is 1. The monoisotopic (exact) mass is 288 g/mol. The highest BCUT2D eigenvalue weighted by Crippen LogP contribution is 2.33. The fourth-order valence-corrected chi connectivity index (χ4v) is 1.74. The third-order valence-electron chi connectivity index (χ3n) is 1.88. The van der Waals surface area contributed by atoms with E-state index < -0.39 is 34.9 Å². The lowest BCUT2D eigenvalue weighted by molar-refractivity contribution is -0.151. The Balaban J connectivity index is 3.04. The van der Waals surface area contributed by atoms with Gasteiger partial charge in [-0.05, 0) is 17.7 Å². The normalized spacial score (nSPS) is 14.5. The molecule has 0 heterocycles. The quantitative estimate of drug-likeness (QED) is 0.683. The van der Waals surface area contributed by atoms with Crippen LogP contribution in [-0.2, 0) is 14.6 Å². The van der Waals surface area contributed by atoms with Gasteiger partial charge in [-0.3, -0.25) is 4.55 Å². The largest absolute Gasteiger partial charge is 0.397 e. The molecule has 0 aromatic heterocycles. The third-order valence-corrected chi connectivity index (χ3v) is 2.35. The van der Waals surface area contributed by atoms with Gasteiger partial charge in [-0.15, -0.1) is 0 Å². The summed E-state index contributed by atoms with van der Waals surface area (Å²) in [5.41, 5.74) is -0.343. The second kappa shape index (κ2) is 5.21. The molecule has 0 aliphatic heterocycles. The molecule has 0 radical (unpaired) electrons. The first kappa shape index (κ1) is 14.9. The molecule has 1 N–H and O–H groups in total. The minimum absolute atomic E-state index is 0.343.